The number of hydrogen-bond acceptors (Lipinski definition) is 4. The fraction of sp³-hybridized carbons (Fsp3) is 0.667. The van der Waals surface area contributed by atoms with E-state index >= 15 is 0 Å². The molecule has 13 heavy (non-hydrogen) atoms. The zero-order chi connectivity index (χ0) is 9.31. The molecule has 0 bridgehead atoms. The first kappa shape index (κ1) is 8.64. The molecule has 0 aliphatic heterocycles. The Balaban J connectivity index is 2.37. The molecule has 0 radical (unpaired) electrons. The van der Waals surface area contributed by atoms with Gasteiger partial charge in [-0.15, -0.1) is 0 Å². The predicted octanol–water partition coefficient (Wildman–Crippen LogP) is 2.18. The molecule has 3 nitrogen and oxygen atoms in total. The molecule has 1 aliphatic rings. The highest BCUT2D eigenvalue weighted by molar-refractivity contribution is 7.05. The van der Waals surface area contributed by atoms with Gasteiger partial charge in [-0.3, -0.25) is 0 Å². The highest BCUT2D eigenvalue weighted by Crippen LogP contribution is 2.40. The van der Waals surface area contributed by atoms with Crippen LogP contribution in [0.3, 0.4) is 0 Å². The van der Waals surface area contributed by atoms with Crippen molar-refractivity contribution < 1.29 is 0 Å². The van der Waals surface area contributed by atoms with Crippen molar-refractivity contribution in [2.24, 2.45) is 0 Å². The van der Waals surface area contributed by atoms with Crippen molar-refractivity contribution in [2.45, 2.75) is 38.0 Å². The van der Waals surface area contributed by atoms with Gasteiger partial charge in [0.25, 0.3) is 0 Å². The zero-order valence-electron chi connectivity index (χ0n) is 7.58. The zero-order valence-corrected chi connectivity index (χ0v) is 8.39. The summed E-state index contributed by atoms with van der Waals surface area (Å²) in [5, 5.41) is 10.1. The Kier molecular flexibility index (Phi) is 2.04. The minimum Gasteiger partial charge on any atom is -0.223 e. The third-order valence-corrected chi connectivity index (χ3v) is 3.62. The summed E-state index contributed by atoms with van der Waals surface area (Å²) in [5.74, 6) is 0.793. The molecule has 1 aromatic heterocycles. The molecular weight excluding hydrogens is 182 g/mol. The lowest BCUT2D eigenvalue weighted by Crippen LogP contribution is -2.18. The molecule has 0 N–H and O–H groups in total. The predicted molar refractivity (Wildman–Crippen MR) is 50.4 cm³/mol. The summed E-state index contributed by atoms with van der Waals surface area (Å²) in [5.41, 5.74) is -0.300. The van der Waals surface area contributed by atoms with Crippen LogP contribution in [0.1, 0.15) is 36.5 Å². The monoisotopic (exact) mass is 193 g/mol. The summed E-state index contributed by atoms with van der Waals surface area (Å²) in [7, 11) is 0. The first-order valence-electron chi connectivity index (χ1n) is 4.49. The van der Waals surface area contributed by atoms with Crippen LogP contribution in [0.4, 0.5) is 0 Å². The summed E-state index contributed by atoms with van der Waals surface area (Å²) in [6.45, 7) is 1.88. The van der Waals surface area contributed by atoms with E-state index in [0.717, 1.165) is 36.5 Å². The van der Waals surface area contributed by atoms with Crippen molar-refractivity contribution in [3.63, 3.8) is 0 Å². The largest absolute Gasteiger partial charge is 0.223 e. The van der Waals surface area contributed by atoms with E-state index in [0.29, 0.717) is 0 Å². The third-order valence-electron chi connectivity index (χ3n) is 2.61. The topological polar surface area (TPSA) is 49.6 Å². The molecule has 1 saturated carbocycles. The lowest BCUT2D eigenvalue weighted by Gasteiger charge is -2.14. The molecule has 0 atom stereocenters. The summed E-state index contributed by atoms with van der Waals surface area (Å²) < 4.78 is 4.13. The van der Waals surface area contributed by atoms with Gasteiger partial charge in [0.05, 0.1) is 6.07 Å². The molecule has 0 unspecified atom stereocenters. The standard InChI is InChI=1S/C9H11N3S/c1-7-11-8(13-12-7)9(6-10)4-2-3-5-9/h2-5H2,1H3. The van der Waals surface area contributed by atoms with Crippen LogP contribution in [0, 0.1) is 18.3 Å². The van der Waals surface area contributed by atoms with Crippen LogP contribution in [0.2, 0.25) is 0 Å². The van der Waals surface area contributed by atoms with Crippen LogP contribution >= 0.6 is 11.5 Å². The molecule has 68 valence electrons. The van der Waals surface area contributed by atoms with Crippen molar-refractivity contribution in [1.29, 1.82) is 5.26 Å². The van der Waals surface area contributed by atoms with Gasteiger partial charge in [-0.1, -0.05) is 12.8 Å². The minimum atomic E-state index is -0.300. The van der Waals surface area contributed by atoms with E-state index in [1.807, 2.05) is 6.92 Å². The van der Waals surface area contributed by atoms with Crippen molar-refractivity contribution in [1.82, 2.24) is 9.36 Å². The molecule has 0 spiro atoms. The molecule has 1 fully saturated rings. The van der Waals surface area contributed by atoms with E-state index in [9.17, 15) is 0 Å². The van der Waals surface area contributed by atoms with E-state index in [1.165, 1.54) is 11.5 Å². The molecule has 4 heteroatoms. The van der Waals surface area contributed by atoms with Crippen LogP contribution < -0.4 is 0 Å². The van der Waals surface area contributed by atoms with Crippen LogP contribution in [0.25, 0.3) is 0 Å². The Hall–Kier alpha value is -0.950. The molecule has 1 aliphatic carbocycles. The molecule has 1 heterocycles. The first-order valence-corrected chi connectivity index (χ1v) is 5.26. The maximum Gasteiger partial charge on any atom is 0.139 e. The Morgan fingerprint density at radius 1 is 1.46 bits per heavy atom. The van der Waals surface area contributed by atoms with Crippen LogP contribution in [-0.2, 0) is 5.41 Å². The molecule has 1 aromatic rings. The van der Waals surface area contributed by atoms with E-state index in [2.05, 4.69) is 15.4 Å². The van der Waals surface area contributed by atoms with E-state index in [-0.39, 0.29) is 5.41 Å². The summed E-state index contributed by atoms with van der Waals surface area (Å²) in [6.07, 6.45) is 4.20. The fourth-order valence-corrected chi connectivity index (χ4v) is 2.70. The van der Waals surface area contributed by atoms with Gasteiger partial charge in [0.15, 0.2) is 0 Å². The maximum absolute atomic E-state index is 9.17. The summed E-state index contributed by atoms with van der Waals surface area (Å²) in [6, 6.07) is 2.41. The Bertz CT molecular complexity index is 344. The van der Waals surface area contributed by atoms with E-state index < -0.39 is 0 Å². The van der Waals surface area contributed by atoms with Crippen molar-refractivity contribution >= 4 is 11.5 Å². The molecule has 0 aromatic carbocycles. The first-order chi connectivity index (χ1) is 6.27. The van der Waals surface area contributed by atoms with Gasteiger partial charge < -0.3 is 0 Å². The number of aromatic nitrogens is 2. The van der Waals surface area contributed by atoms with Gasteiger partial charge in [-0.05, 0) is 31.3 Å². The fourth-order valence-electron chi connectivity index (χ4n) is 1.84. The molecule has 2 rings (SSSR count). The van der Waals surface area contributed by atoms with Gasteiger partial charge in [-0.25, -0.2) is 4.98 Å². The second kappa shape index (κ2) is 3.08. The number of aryl methyl sites for hydroxylation is 1. The Morgan fingerprint density at radius 2 is 2.15 bits per heavy atom. The highest BCUT2D eigenvalue weighted by atomic mass is 32.1. The van der Waals surface area contributed by atoms with Gasteiger partial charge in [0.2, 0.25) is 0 Å². The number of hydrogen-bond donors (Lipinski definition) is 0. The summed E-state index contributed by atoms with van der Waals surface area (Å²) in [4.78, 5) is 4.32. The minimum absolute atomic E-state index is 0.300. The Morgan fingerprint density at radius 3 is 2.62 bits per heavy atom. The number of rotatable bonds is 1. The lowest BCUT2D eigenvalue weighted by molar-refractivity contribution is 0.567. The summed E-state index contributed by atoms with van der Waals surface area (Å²) >= 11 is 1.39. The molecular formula is C9H11N3S. The van der Waals surface area contributed by atoms with Gasteiger partial charge in [0.1, 0.15) is 16.2 Å². The van der Waals surface area contributed by atoms with Gasteiger partial charge in [-0.2, -0.15) is 9.64 Å². The van der Waals surface area contributed by atoms with Crippen molar-refractivity contribution in [3.8, 4) is 6.07 Å². The van der Waals surface area contributed by atoms with Crippen molar-refractivity contribution in [3.05, 3.63) is 10.8 Å². The lowest BCUT2D eigenvalue weighted by atomic mass is 9.89. The van der Waals surface area contributed by atoms with E-state index in [4.69, 9.17) is 5.26 Å². The van der Waals surface area contributed by atoms with Crippen LogP contribution in [0.5, 0.6) is 0 Å². The third kappa shape index (κ3) is 1.33. The average Bonchev–Trinajstić information content (AvgIpc) is 2.73. The van der Waals surface area contributed by atoms with Crippen LogP contribution in [0.15, 0.2) is 0 Å². The van der Waals surface area contributed by atoms with Crippen molar-refractivity contribution in [2.75, 3.05) is 0 Å². The number of nitriles is 1. The highest BCUT2D eigenvalue weighted by Gasteiger charge is 2.38. The maximum atomic E-state index is 9.17. The Labute approximate surface area is 81.6 Å². The molecule has 0 saturated heterocycles. The second-order valence-corrected chi connectivity index (χ2v) is 4.30. The number of nitrogens with zero attached hydrogens (tertiary/aromatic N) is 3. The average molecular weight is 193 g/mol. The smallest absolute Gasteiger partial charge is 0.139 e. The molecule has 0 amide bonds. The van der Waals surface area contributed by atoms with Gasteiger partial charge >= 0.3 is 0 Å². The second-order valence-electron chi connectivity index (χ2n) is 3.55. The normalized spacial score (nSPS) is 20.0. The van der Waals surface area contributed by atoms with Crippen LogP contribution in [-0.4, -0.2) is 9.36 Å². The van der Waals surface area contributed by atoms with E-state index in [1.54, 1.807) is 0 Å². The van der Waals surface area contributed by atoms with Gasteiger partial charge in [0, 0.05) is 0 Å². The quantitative estimate of drug-likeness (QED) is 0.686. The SMILES string of the molecule is Cc1nsc(C2(C#N)CCCC2)n1.